The Bertz CT molecular complexity index is 1010. The highest BCUT2D eigenvalue weighted by molar-refractivity contribution is 6.37. The lowest BCUT2D eigenvalue weighted by molar-refractivity contribution is 0.0792. The van der Waals surface area contributed by atoms with Gasteiger partial charge in [-0.15, -0.1) is 0 Å². The summed E-state index contributed by atoms with van der Waals surface area (Å²) in [5.74, 6) is -1.91. The molecule has 0 aliphatic heterocycles. The van der Waals surface area contributed by atoms with Crippen molar-refractivity contribution in [3.05, 3.63) is 69.2 Å². The summed E-state index contributed by atoms with van der Waals surface area (Å²) in [7, 11) is 0. The number of benzene rings is 2. The lowest BCUT2D eigenvalue weighted by atomic mass is 9.89. The summed E-state index contributed by atoms with van der Waals surface area (Å²) in [6.45, 7) is 0. The molecule has 1 unspecified atom stereocenters. The van der Waals surface area contributed by atoms with Crippen molar-refractivity contribution in [3.8, 4) is 12.1 Å². The van der Waals surface area contributed by atoms with Crippen LogP contribution >= 0.6 is 23.2 Å². The molecular weight excluding hydrogens is 359 g/mol. The Morgan fingerprint density at radius 3 is 1.96 bits per heavy atom. The summed E-state index contributed by atoms with van der Waals surface area (Å²) in [6.07, 6.45) is 0. The zero-order chi connectivity index (χ0) is 18.0. The predicted octanol–water partition coefficient (Wildman–Crippen LogP) is 4.19. The van der Waals surface area contributed by atoms with Crippen LogP contribution in [-0.4, -0.2) is 11.6 Å². The van der Waals surface area contributed by atoms with Crippen molar-refractivity contribution < 1.29 is 9.59 Å². The third-order valence-corrected chi connectivity index (χ3v) is 5.73. The van der Waals surface area contributed by atoms with Crippen LogP contribution < -0.4 is 0 Å². The Morgan fingerprint density at radius 2 is 1.48 bits per heavy atom. The van der Waals surface area contributed by atoms with Gasteiger partial charge >= 0.3 is 0 Å². The molecule has 0 saturated heterocycles. The third kappa shape index (κ3) is 1.61. The highest BCUT2D eigenvalue weighted by Crippen LogP contribution is 2.78. The Balaban J connectivity index is 1.99. The van der Waals surface area contributed by atoms with Crippen LogP contribution in [0.1, 0.15) is 32.2 Å². The minimum Gasteiger partial charge on any atom is -0.293 e. The molecule has 1 spiro atoms. The van der Waals surface area contributed by atoms with Gasteiger partial charge in [0, 0.05) is 27.1 Å². The predicted molar refractivity (Wildman–Crippen MR) is 90.4 cm³/mol. The van der Waals surface area contributed by atoms with Crippen molar-refractivity contribution in [1.82, 2.24) is 0 Å². The molecule has 0 heterocycles. The minimum absolute atomic E-state index is 0.223. The zero-order valence-electron chi connectivity index (χ0n) is 12.6. The number of halogens is 2. The summed E-state index contributed by atoms with van der Waals surface area (Å²) in [6, 6.07) is 14.8. The lowest BCUT2D eigenvalue weighted by Crippen LogP contribution is -2.24. The molecule has 6 heteroatoms. The normalized spacial score (nSPS) is 21.5. The minimum atomic E-state index is -1.78. The summed E-state index contributed by atoms with van der Waals surface area (Å²) < 4.78 is 0. The first-order chi connectivity index (χ1) is 12.0. The number of rotatable bonds is 1. The van der Waals surface area contributed by atoms with E-state index in [1.165, 1.54) is 6.07 Å². The van der Waals surface area contributed by atoms with Crippen LogP contribution in [0.4, 0.5) is 0 Å². The highest BCUT2D eigenvalue weighted by Gasteiger charge is 2.88. The van der Waals surface area contributed by atoms with Crippen molar-refractivity contribution >= 4 is 34.8 Å². The highest BCUT2D eigenvalue weighted by atomic mass is 35.5. The van der Waals surface area contributed by atoms with Crippen molar-refractivity contribution in [2.45, 2.75) is 5.92 Å². The van der Waals surface area contributed by atoms with Crippen LogP contribution in [0.2, 0.25) is 10.0 Å². The average molecular weight is 367 g/mol. The summed E-state index contributed by atoms with van der Waals surface area (Å²) in [5, 5.41) is 20.1. The molecule has 1 fully saturated rings. The number of ketones is 2. The molecule has 1 atom stereocenters. The Hall–Kier alpha value is -2.66. The summed E-state index contributed by atoms with van der Waals surface area (Å²) in [5.41, 5.74) is -2.62. The number of Topliss-reactive ketones (excluding diaryl/α,β-unsaturated/α-hetero) is 2. The maximum atomic E-state index is 13.1. The van der Waals surface area contributed by atoms with E-state index in [0.29, 0.717) is 10.6 Å². The Morgan fingerprint density at radius 1 is 0.920 bits per heavy atom. The van der Waals surface area contributed by atoms with Gasteiger partial charge in [0.15, 0.2) is 17.0 Å². The number of hydrogen-bond donors (Lipinski definition) is 0. The van der Waals surface area contributed by atoms with Gasteiger partial charge in [-0.05, 0) is 17.7 Å². The largest absolute Gasteiger partial charge is 0.293 e. The number of carbonyl (C=O) groups is 2. The van der Waals surface area contributed by atoms with Gasteiger partial charge in [0.1, 0.15) is 5.41 Å². The van der Waals surface area contributed by atoms with Gasteiger partial charge in [0.05, 0.1) is 12.1 Å². The van der Waals surface area contributed by atoms with Crippen LogP contribution in [0.15, 0.2) is 42.5 Å². The first kappa shape index (κ1) is 15.8. The van der Waals surface area contributed by atoms with Gasteiger partial charge in [0.2, 0.25) is 0 Å². The molecule has 0 aromatic heterocycles. The average Bonchev–Trinajstić information content (AvgIpc) is 3.17. The molecule has 2 aromatic rings. The molecule has 4 rings (SSSR count). The van der Waals surface area contributed by atoms with Crippen molar-refractivity contribution in [2.75, 3.05) is 0 Å². The number of carbonyl (C=O) groups excluding carboxylic acids is 2. The topological polar surface area (TPSA) is 81.7 Å². The second kappa shape index (κ2) is 4.92. The van der Waals surface area contributed by atoms with Gasteiger partial charge in [-0.2, -0.15) is 10.5 Å². The van der Waals surface area contributed by atoms with E-state index in [1.54, 1.807) is 36.4 Å². The van der Waals surface area contributed by atoms with Gasteiger partial charge in [-0.25, -0.2) is 0 Å². The zero-order valence-corrected chi connectivity index (χ0v) is 14.1. The van der Waals surface area contributed by atoms with Crippen molar-refractivity contribution in [1.29, 1.82) is 10.5 Å². The second-order valence-corrected chi connectivity index (χ2v) is 6.99. The van der Waals surface area contributed by atoms with E-state index in [9.17, 15) is 20.1 Å². The molecule has 4 nitrogen and oxygen atoms in total. The van der Waals surface area contributed by atoms with E-state index in [0.717, 1.165) is 0 Å². The first-order valence-corrected chi connectivity index (χ1v) is 8.17. The van der Waals surface area contributed by atoms with E-state index in [4.69, 9.17) is 23.2 Å². The molecule has 25 heavy (non-hydrogen) atoms. The fraction of sp³-hybridized carbons (Fsp3) is 0.158. The number of fused-ring (bicyclic) bond motifs is 1. The fourth-order valence-electron chi connectivity index (χ4n) is 4.03. The fourth-order valence-corrected chi connectivity index (χ4v) is 4.55. The van der Waals surface area contributed by atoms with Crippen LogP contribution in [0.3, 0.4) is 0 Å². The molecular formula is C19H8Cl2N2O2. The van der Waals surface area contributed by atoms with Crippen LogP contribution in [0.5, 0.6) is 0 Å². The summed E-state index contributed by atoms with van der Waals surface area (Å²) >= 11 is 12.2. The smallest absolute Gasteiger partial charge is 0.180 e. The quantitative estimate of drug-likeness (QED) is 0.708. The molecule has 0 N–H and O–H groups in total. The molecule has 2 aliphatic carbocycles. The Kier molecular flexibility index (Phi) is 3.12. The van der Waals surface area contributed by atoms with Crippen molar-refractivity contribution in [2.24, 2.45) is 10.8 Å². The van der Waals surface area contributed by atoms with Crippen molar-refractivity contribution in [3.63, 3.8) is 0 Å². The van der Waals surface area contributed by atoms with Crippen LogP contribution in [0.25, 0.3) is 0 Å². The molecule has 120 valence electrons. The maximum Gasteiger partial charge on any atom is 0.180 e. The number of hydrogen-bond acceptors (Lipinski definition) is 4. The maximum absolute atomic E-state index is 13.1. The van der Waals surface area contributed by atoms with E-state index >= 15 is 0 Å². The molecule has 1 saturated carbocycles. The first-order valence-electron chi connectivity index (χ1n) is 7.41. The lowest BCUT2D eigenvalue weighted by Gasteiger charge is -2.07. The van der Waals surface area contributed by atoms with Gasteiger partial charge in [-0.1, -0.05) is 53.5 Å². The standard InChI is InChI=1S/C19H8Cl2N2O2/c20-10-5-6-13(14(21)7-10)15-18(8-22,9-23)19(15)16(24)11-3-1-2-4-12(11)17(19)25/h1-7,15H. The molecule has 0 amide bonds. The number of nitriles is 2. The molecule has 2 aromatic carbocycles. The van der Waals surface area contributed by atoms with Gasteiger partial charge in [-0.3, -0.25) is 9.59 Å². The van der Waals surface area contributed by atoms with E-state index < -0.39 is 28.3 Å². The second-order valence-electron chi connectivity index (χ2n) is 6.14. The summed E-state index contributed by atoms with van der Waals surface area (Å²) in [4.78, 5) is 26.2. The van der Waals surface area contributed by atoms with E-state index in [2.05, 4.69) is 0 Å². The molecule has 0 bridgehead atoms. The van der Waals surface area contributed by atoms with E-state index in [1.807, 2.05) is 12.1 Å². The monoisotopic (exact) mass is 366 g/mol. The van der Waals surface area contributed by atoms with Gasteiger partial charge in [0.25, 0.3) is 0 Å². The van der Waals surface area contributed by atoms with Gasteiger partial charge < -0.3 is 0 Å². The van der Waals surface area contributed by atoms with E-state index in [-0.39, 0.29) is 16.1 Å². The molecule has 0 radical (unpaired) electrons. The number of nitrogens with zero attached hydrogens (tertiary/aromatic N) is 2. The Labute approximate surface area is 153 Å². The van der Waals surface area contributed by atoms with Crippen LogP contribution in [-0.2, 0) is 0 Å². The molecule has 2 aliphatic rings. The van der Waals surface area contributed by atoms with Crippen LogP contribution in [0, 0.1) is 33.5 Å². The SMILES string of the molecule is N#CC1(C#N)C(c2ccc(Cl)cc2Cl)C12C(=O)c1ccccc1C2=O. The third-order valence-electron chi connectivity index (χ3n) is 5.16.